The van der Waals surface area contributed by atoms with Gasteiger partial charge in [0.1, 0.15) is 17.0 Å². The van der Waals surface area contributed by atoms with Crippen molar-refractivity contribution in [2.24, 2.45) is 0 Å². The highest BCUT2D eigenvalue weighted by atomic mass is 32.2. The maximum atomic E-state index is 13.5. The van der Waals surface area contributed by atoms with E-state index in [1.807, 2.05) is 11.6 Å². The monoisotopic (exact) mass is 604 g/mol. The SMILES string of the molecule is C[C@@H]1COCCN1c1nc2c(cnn2-c2ccn(C(=O)OC(C)(C)C)n2)c2c1CCN2S(=O)(=O)NC(=O)OC(C)(C)C. The van der Waals surface area contributed by atoms with Crippen LogP contribution in [-0.4, -0.2) is 88.7 Å². The van der Waals surface area contributed by atoms with E-state index in [9.17, 15) is 18.0 Å². The van der Waals surface area contributed by atoms with Gasteiger partial charge in [0.2, 0.25) is 0 Å². The molecule has 1 atom stereocenters. The molecule has 1 N–H and O–H groups in total. The number of aromatic nitrogens is 5. The van der Waals surface area contributed by atoms with Crippen LogP contribution in [0.3, 0.4) is 0 Å². The summed E-state index contributed by atoms with van der Waals surface area (Å²) in [5.41, 5.74) is -0.192. The fraction of sp³-hybridized carbons (Fsp3) is 0.577. The average Bonchev–Trinajstić information content (AvgIpc) is 3.58. The Morgan fingerprint density at radius 1 is 1.10 bits per heavy atom. The van der Waals surface area contributed by atoms with Gasteiger partial charge in [0.15, 0.2) is 11.5 Å². The number of nitrogens with one attached hydrogen (secondary N) is 1. The minimum absolute atomic E-state index is 0.0268. The molecule has 2 aliphatic rings. The van der Waals surface area contributed by atoms with Gasteiger partial charge in [-0.15, -0.1) is 5.10 Å². The molecule has 16 heteroatoms. The minimum Gasteiger partial charge on any atom is -0.443 e. The Balaban J connectivity index is 1.61. The zero-order valence-corrected chi connectivity index (χ0v) is 25.6. The number of hydrogen-bond acceptors (Lipinski definition) is 11. The Morgan fingerprint density at radius 2 is 1.81 bits per heavy atom. The highest BCUT2D eigenvalue weighted by Gasteiger charge is 2.38. The van der Waals surface area contributed by atoms with E-state index in [1.165, 1.54) is 17.1 Å². The molecule has 0 spiro atoms. The van der Waals surface area contributed by atoms with E-state index in [0.717, 1.165) is 8.99 Å². The molecule has 0 radical (unpaired) electrons. The minimum atomic E-state index is -4.36. The van der Waals surface area contributed by atoms with Gasteiger partial charge in [-0.25, -0.2) is 19.3 Å². The highest BCUT2D eigenvalue weighted by molar-refractivity contribution is 7.91. The Morgan fingerprint density at radius 3 is 2.48 bits per heavy atom. The molecule has 0 bridgehead atoms. The summed E-state index contributed by atoms with van der Waals surface area (Å²) in [6.07, 6.45) is 1.59. The molecule has 1 saturated heterocycles. The van der Waals surface area contributed by atoms with E-state index < -0.39 is 33.6 Å². The van der Waals surface area contributed by atoms with Crippen LogP contribution in [0, 0.1) is 0 Å². The van der Waals surface area contributed by atoms with E-state index >= 15 is 0 Å². The number of ether oxygens (including phenoxy) is 3. The Labute approximate surface area is 243 Å². The molecule has 0 aromatic carbocycles. The van der Waals surface area contributed by atoms with E-state index in [1.54, 1.807) is 47.6 Å². The van der Waals surface area contributed by atoms with Gasteiger partial charge < -0.3 is 19.1 Å². The second-order valence-electron chi connectivity index (χ2n) is 12.2. The van der Waals surface area contributed by atoms with Crippen LogP contribution in [0.25, 0.3) is 16.9 Å². The van der Waals surface area contributed by atoms with Gasteiger partial charge in [-0.3, -0.25) is 4.31 Å². The topological polar surface area (TPSA) is 163 Å². The van der Waals surface area contributed by atoms with Crippen molar-refractivity contribution in [1.82, 2.24) is 29.3 Å². The number of hydrogen-bond donors (Lipinski definition) is 1. The number of nitrogens with zero attached hydrogens (tertiary/aromatic N) is 7. The first-order valence-electron chi connectivity index (χ1n) is 13.6. The summed E-state index contributed by atoms with van der Waals surface area (Å²) in [7, 11) is -4.36. The van der Waals surface area contributed by atoms with Crippen LogP contribution in [0.1, 0.15) is 54.0 Å². The number of rotatable bonds is 4. The lowest BCUT2D eigenvalue weighted by molar-refractivity contribution is 0.0512. The number of carbonyl (C=O) groups is 2. The van der Waals surface area contributed by atoms with Crippen molar-refractivity contribution in [2.75, 3.05) is 35.5 Å². The molecule has 42 heavy (non-hydrogen) atoms. The number of pyridine rings is 1. The Bertz CT molecular complexity index is 1630. The van der Waals surface area contributed by atoms with Crippen LogP contribution in [0.2, 0.25) is 0 Å². The zero-order chi connectivity index (χ0) is 30.6. The lowest BCUT2D eigenvalue weighted by Gasteiger charge is -2.35. The van der Waals surface area contributed by atoms with Crippen molar-refractivity contribution >= 4 is 44.9 Å². The van der Waals surface area contributed by atoms with Gasteiger partial charge in [0, 0.05) is 30.9 Å². The summed E-state index contributed by atoms with van der Waals surface area (Å²) in [6, 6.07) is 1.56. The predicted octanol–water partition coefficient (Wildman–Crippen LogP) is 2.76. The smallest absolute Gasteiger partial charge is 0.435 e. The van der Waals surface area contributed by atoms with Crippen molar-refractivity contribution in [3.8, 4) is 5.82 Å². The number of carbonyl (C=O) groups excluding carboxylic acids is 2. The molecule has 2 aliphatic heterocycles. The normalized spacial score (nSPS) is 17.8. The third-order valence-corrected chi connectivity index (χ3v) is 7.86. The first-order chi connectivity index (χ1) is 19.5. The summed E-state index contributed by atoms with van der Waals surface area (Å²) in [5, 5.41) is 9.25. The predicted molar refractivity (Wildman–Crippen MR) is 153 cm³/mol. The summed E-state index contributed by atoms with van der Waals surface area (Å²) >= 11 is 0. The van der Waals surface area contributed by atoms with Crippen LogP contribution >= 0.6 is 0 Å². The summed E-state index contributed by atoms with van der Waals surface area (Å²) < 4.78 is 49.0. The molecule has 1 fully saturated rings. The Hall–Kier alpha value is -3.92. The number of anilines is 2. The molecule has 0 unspecified atom stereocenters. The second-order valence-corrected chi connectivity index (χ2v) is 13.8. The van der Waals surface area contributed by atoms with Gasteiger partial charge in [0.25, 0.3) is 0 Å². The van der Waals surface area contributed by atoms with Crippen LogP contribution in [0.5, 0.6) is 0 Å². The standard InChI is InChI=1S/C26H36N8O7S/c1-16-15-39-13-12-31(16)21-17-8-11-33(42(37,38)30-23(35)40-25(2,3)4)20(17)18-14-27-34(22(18)28-21)19-9-10-32(29-19)24(36)41-26(5,6)7/h9-10,14,16H,8,11-13,15H2,1-7H3,(H,30,35)/t16-/m1/s1. The summed E-state index contributed by atoms with van der Waals surface area (Å²) in [5.74, 6) is 0.875. The molecule has 3 aromatic rings. The molecule has 15 nitrogen and oxygen atoms in total. The molecule has 5 rings (SSSR count). The van der Waals surface area contributed by atoms with Gasteiger partial charge >= 0.3 is 22.4 Å². The maximum absolute atomic E-state index is 13.5. The average molecular weight is 605 g/mol. The fourth-order valence-electron chi connectivity index (χ4n) is 4.88. The van der Waals surface area contributed by atoms with Crippen molar-refractivity contribution in [1.29, 1.82) is 0 Å². The number of fused-ring (bicyclic) bond motifs is 3. The van der Waals surface area contributed by atoms with Crippen molar-refractivity contribution in [3.05, 3.63) is 24.0 Å². The van der Waals surface area contributed by atoms with Crippen molar-refractivity contribution in [3.63, 3.8) is 0 Å². The second kappa shape index (κ2) is 10.4. The quantitative estimate of drug-likeness (QED) is 0.466. The molecule has 3 aromatic heterocycles. The van der Waals surface area contributed by atoms with Gasteiger partial charge in [-0.05, 0) is 54.9 Å². The van der Waals surface area contributed by atoms with E-state index in [2.05, 4.69) is 15.1 Å². The molecular weight excluding hydrogens is 568 g/mol. The van der Waals surface area contributed by atoms with Gasteiger partial charge in [-0.2, -0.15) is 22.9 Å². The van der Waals surface area contributed by atoms with Gasteiger partial charge in [0.05, 0.1) is 36.5 Å². The molecule has 5 heterocycles. The first-order valence-corrected chi connectivity index (χ1v) is 15.1. The summed E-state index contributed by atoms with van der Waals surface area (Å²) in [6.45, 7) is 13.8. The third kappa shape index (κ3) is 5.86. The van der Waals surface area contributed by atoms with Gasteiger partial charge in [-0.1, -0.05) is 0 Å². The lowest BCUT2D eigenvalue weighted by Crippen LogP contribution is -2.45. The summed E-state index contributed by atoms with van der Waals surface area (Å²) in [4.78, 5) is 32.1. The molecule has 0 aliphatic carbocycles. The van der Waals surface area contributed by atoms with Crippen LogP contribution in [-0.2, 0) is 30.8 Å². The Kier molecular flexibility index (Phi) is 7.33. The van der Waals surface area contributed by atoms with E-state index in [-0.39, 0.29) is 18.4 Å². The van der Waals surface area contributed by atoms with E-state index in [4.69, 9.17) is 19.2 Å². The number of morpholine rings is 1. The van der Waals surface area contributed by atoms with Crippen LogP contribution in [0.15, 0.2) is 18.5 Å². The lowest BCUT2D eigenvalue weighted by atomic mass is 10.1. The van der Waals surface area contributed by atoms with Crippen LogP contribution < -0.4 is 13.9 Å². The molecule has 1 amide bonds. The van der Waals surface area contributed by atoms with Crippen molar-refractivity contribution < 1.29 is 32.2 Å². The first kappa shape index (κ1) is 29.6. The van der Waals surface area contributed by atoms with E-state index in [0.29, 0.717) is 54.3 Å². The van der Waals surface area contributed by atoms with Crippen LogP contribution in [0.4, 0.5) is 21.1 Å². The highest BCUT2D eigenvalue weighted by Crippen LogP contribution is 2.42. The largest absolute Gasteiger partial charge is 0.443 e. The molecule has 228 valence electrons. The third-order valence-electron chi connectivity index (χ3n) is 6.49. The zero-order valence-electron chi connectivity index (χ0n) is 24.7. The molecule has 0 saturated carbocycles. The number of amides is 1. The van der Waals surface area contributed by atoms with Crippen molar-refractivity contribution in [2.45, 2.75) is 72.1 Å². The maximum Gasteiger partial charge on any atom is 0.435 e. The molecular formula is C26H36N8O7S. The fourth-order valence-corrected chi connectivity index (χ4v) is 6.02.